The van der Waals surface area contributed by atoms with E-state index in [0.29, 0.717) is 39.4 Å². The first-order valence-electron chi connectivity index (χ1n) is 8.18. The molecular weight excluding hydrogens is 385 g/mol. The summed E-state index contributed by atoms with van der Waals surface area (Å²) in [7, 11) is 1.60. The van der Waals surface area contributed by atoms with E-state index in [1.165, 1.54) is 0 Å². The lowest BCUT2D eigenvalue weighted by molar-refractivity contribution is 0.102. The Hall–Kier alpha value is -2.69. The SMILES string of the molecule is COc1ccccc1OCc1ccc(C(=O)Nc2cccc(Cl)c2Cl)cc1. The number of anilines is 1. The first kappa shape index (κ1) is 19.1. The molecule has 3 aromatic rings. The van der Waals surface area contributed by atoms with Gasteiger partial charge in [-0.15, -0.1) is 0 Å². The van der Waals surface area contributed by atoms with Crippen LogP contribution in [0.1, 0.15) is 15.9 Å². The molecule has 0 heterocycles. The number of carbonyl (C=O) groups excluding carboxylic acids is 1. The normalized spacial score (nSPS) is 10.3. The average Bonchev–Trinajstić information content (AvgIpc) is 2.70. The molecule has 0 atom stereocenters. The molecule has 1 amide bonds. The molecule has 0 aromatic heterocycles. The van der Waals surface area contributed by atoms with Crippen LogP contribution in [0.5, 0.6) is 11.5 Å². The van der Waals surface area contributed by atoms with Gasteiger partial charge in [0.1, 0.15) is 6.61 Å². The molecule has 3 aromatic carbocycles. The summed E-state index contributed by atoms with van der Waals surface area (Å²) in [6, 6.07) is 19.7. The number of nitrogens with one attached hydrogen (secondary N) is 1. The van der Waals surface area contributed by atoms with Crippen LogP contribution in [0.4, 0.5) is 5.69 Å². The molecule has 0 saturated carbocycles. The predicted octanol–water partition coefficient (Wildman–Crippen LogP) is 5.83. The minimum atomic E-state index is -0.267. The lowest BCUT2D eigenvalue weighted by Crippen LogP contribution is -2.12. The summed E-state index contributed by atoms with van der Waals surface area (Å²) in [5.41, 5.74) is 1.91. The molecule has 138 valence electrons. The Labute approximate surface area is 167 Å². The van der Waals surface area contributed by atoms with Crippen LogP contribution in [0.15, 0.2) is 66.7 Å². The number of benzene rings is 3. The topological polar surface area (TPSA) is 47.6 Å². The minimum absolute atomic E-state index is 0.267. The van der Waals surface area contributed by atoms with E-state index in [9.17, 15) is 4.79 Å². The molecule has 6 heteroatoms. The number of methoxy groups -OCH3 is 1. The number of hydrogen-bond donors (Lipinski definition) is 1. The van der Waals surface area contributed by atoms with Gasteiger partial charge in [0.15, 0.2) is 11.5 Å². The van der Waals surface area contributed by atoms with E-state index in [-0.39, 0.29) is 5.91 Å². The van der Waals surface area contributed by atoms with E-state index < -0.39 is 0 Å². The van der Waals surface area contributed by atoms with E-state index in [1.54, 1.807) is 37.4 Å². The van der Waals surface area contributed by atoms with Crippen LogP contribution < -0.4 is 14.8 Å². The van der Waals surface area contributed by atoms with E-state index in [0.717, 1.165) is 5.56 Å². The van der Waals surface area contributed by atoms with Crippen molar-refractivity contribution in [1.29, 1.82) is 0 Å². The molecule has 0 aliphatic rings. The van der Waals surface area contributed by atoms with Gasteiger partial charge in [-0.25, -0.2) is 0 Å². The van der Waals surface area contributed by atoms with Gasteiger partial charge < -0.3 is 14.8 Å². The van der Waals surface area contributed by atoms with Gasteiger partial charge in [-0.3, -0.25) is 4.79 Å². The highest BCUT2D eigenvalue weighted by atomic mass is 35.5. The van der Waals surface area contributed by atoms with Crippen molar-refractivity contribution in [3.63, 3.8) is 0 Å². The monoisotopic (exact) mass is 401 g/mol. The van der Waals surface area contributed by atoms with E-state index >= 15 is 0 Å². The lowest BCUT2D eigenvalue weighted by Gasteiger charge is -2.11. The molecule has 0 radical (unpaired) electrons. The largest absolute Gasteiger partial charge is 0.493 e. The summed E-state index contributed by atoms with van der Waals surface area (Å²) in [6.07, 6.45) is 0. The Bertz CT molecular complexity index is 942. The van der Waals surface area contributed by atoms with Crippen LogP contribution in [-0.4, -0.2) is 13.0 Å². The van der Waals surface area contributed by atoms with Crippen LogP contribution in [0.2, 0.25) is 10.0 Å². The highest BCUT2D eigenvalue weighted by Crippen LogP contribution is 2.30. The average molecular weight is 402 g/mol. The van der Waals surface area contributed by atoms with Crippen molar-refractivity contribution in [2.45, 2.75) is 6.61 Å². The summed E-state index contributed by atoms with van der Waals surface area (Å²) >= 11 is 12.1. The Morgan fingerprint density at radius 3 is 2.33 bits per heavy atom. The summed E-state index contributed by atoms with van der Waals surface area (Å²) in [4.78, 5) is 12.4. The van der Waals surface area contributed by atoms with E-state index in [4.69, 9.17) is 32.7 Å². The molecule has 0 bridgehead atoms. The summed E-state index contributed by atoms with van der Waals surface area (Å²) < 4.78 is 11.0. The van der Waals surface area contributed by atoms with Crippen LogP contribution in [0.3, 0.4) is 0 Å². The Morgan fingerprint density at radius 1 is 0.926 bits per heavy atom. The van der Waals surface area contributed by atoms with Gasteiger partial charge in [0.2, 0.25) is 0 Å². The number of amides is 1. The van der Waals surface area contributed by atoms with E-state index in [2.05, 4.69) is 5.32 Å². The van der Waals surface area contributed by atoms with Crippen LogP contribution in [0.25, 0.3) is 0 Å². The predicted molar refractivity (Wildman–Crippen MR) is 108 cm³/mol. The molecule has 0 fully saturated rings. The van der Waals surface area contributed by atoms with Crippen LogP contribution in [-0.2, 0) is 6.61 Å². The molecular formula is C21H17Cl2NO3. The van der Waals surface area contributed by atoms with Gasteiger partial charge in [-0.2, -0.15) is 0 Å². The van der Waals surface area contributed by atoms with Crippen molar-refractivity contribution in [1.82, 2.24) is 0 Å². The van der Waals surface area contributed by atoms with Gasteiger partial charge in [0.05, 0.1) is 22.8 Å². The van der Waals surface area contributed by atoms with E-state index in [1.807, 2.05) is 36.4 Å². The third-order valence-corrected chi connectivity index (χ3v) is 4.70. The summed E-state index contributed by atoms with van der Waals surface area (Å²) in [6.45, 7) is 0.363. The molecule has 0 saturated heterocycles. The fourth-order valence-electron chi connectivity index (χ4n) is 2.45. The fourth-order valence-corrected chi connectivity index (χ4v) is 2.79. The maximum absolute atomic E-state index is 12.4. The lowest BCUT2D eigenvalue weighted by atomic mass is 10.1. The van der Waals surface area contributed by atoms with Crippen molar-refractivity contribution in [2.75, 3.05) is 12.4 Å². The molecule has 3 rings (SSSR count). The minimum Gasteiger partial charge on any atom is -0.493 e. The zero-order chi connectivity index (χ0) is 19.2. The second-order valence-corrected chi connectivity index (χ2v) is 6.48. The molecule has 4 nitrogen and oxygen atoms in total. The second-order valence-electron chi connectivity index (χ2n) is 5.69. The van der Waals surface area contributed by atoms with Gasteiger partial charge >= 0.3 is 0 Å². The Morgan fingerprint density at radius 2 is 1.63 bits per heavy atom. The quantitative estimate of drug-likeness (QED) is 0.564. The highest BCUT2D eigenvalue weighted by Gasteiger charge is 2.10. The maximum atomic E-state index is 12.4. The maximum Gasteiger partial charge on any atom is 0.255 e. The first-order valence-corrected chi connectivity index (χ1v) is 8.94. The number of halogens is 2. The number of carbonyl (C=O) groups is 1. The second kappa shape index (κ2) is 8.80. The number of ether oxygens (including phenoxy) is 2. The van der Waals surface area contributed by atoms with Crippen molar-refractivity contribution < 1.29 is 14.3 Å². The van der Waals surface area contributed by atoms with Crippen molar-refractivity contribution in [2.24, 2.45) is 0 Å². The van der Waals surface area contributed by atoms with Gasteiger partial charge in [0, 0.05) is 5.56 Å². The molecule has 27 heavy (non-hydrogen) atoms. The van der Waals surface area contributed by atoms with Crippen molar-refractivity contribution in [3.8, 4) is 11.5 Å². The number of para-hydroxylation sites is 2. The first-order chi connectivity index (χ1) is 13.1. The number of rotatable bonds is 6. The molecule has 1 N–H and O–H groups in total. The third-order valence-electron chi connectivity index (χ3n) is 3.88. The summed E-state index contributed by atoms with van der Waals surface area (Å²) in [5.74, 6) is 1.07. The van der Waals surface area contributed by atoms with Crippen molar-refractivity contribution in [3.05, 3.63) is 87.9 Å². The fraction of sp³-hybridized carbons (Fsp3) is 0.0952. The molecule has 0 aliphatic heterocycles. The Balaban J connectivity index is 1.64. The molecule has 0 spiro atoms. The van der Waals surface area contributed by atoms with Gasteiger partial charge in [0.25, 0.3) is 5.91 Å². The highest BCUT2D eigenvalue weighted by molar-refractivity contribution is 6.44. The zero-order valence-corrected chi connectivity index (χ0v) is 16.1. The van der Waals surface area contributed by atoms with Crippen LogP contribution >= 0.6 is 23.2 Å². The summed E-state index contributed by atoms with van der Waals surface area (Å²) in [5, 5.41) is 3.46. The molecule has 0 unspecified atom stereocenters. The van der Waals surface area contributed by atoms with Crippen LogP contribution in [0, 0.1) is 0 Å². The standard InChI is InChI=1S/C21H17Cl2NO3/c1-26-18-7-2-3-8-19(18)27-13-14-9-11-15(12-10-14)21(25)24-17-6-4-5-16(22)20(17)23/h2-12H,13H2,1H3,(H,24,25). The van der Waals surface area contributed by atoms with Crippen molar-refractivity contribution >= 4 is 34.8 Å². The number of hydrogen-bond acceptors (Lipinski definition) is 3. The van der Waals surface area contributed by atoms with Gasteiger partial charge in [-0.05, 0) is 42.0 Å². The molecule has 0 aliphatic carbocycles. The third kappa shape index (κ3) is 4.73. The smallest absolute Gasteiger partial charge is 0.255 e. The Kier molecular flexibility index (Phi) is 6.22. The zero-order valence-electron chi connectivity index (χ0n) is 14.5. The van der Waals surface area contributed by atoms with Gasteiger partial charge in [-0.1, -0.05) is 53.5 Å².